The van der Waals surface area contributed by atoms with Crippen LogP contribution in [-0.4, -0.2) is 31.8 Å². The SMILES string of the molecule is CCCN(Cc1ccccc1)c1ccc2nnnn2n1. The number of fused-ring (bicyclic) bond motifs is 1. The number of nitrogens with zero attached hydrogens (tertiary/aromatic N) is 6. The Labute approximate surface area is 117 Å². The molecule has 3 aromatic rings. The first-order valence-corrected chi connectivity index (χ1v) is 6.71. The number of tetrazole rings is 1. The van der Waals surface area contributed by atoms with Crippen molar-refractivity contribution in [3.63, 3.8) is 0 Å². The smallest absolute Gasteiger partial charge is 0.200 e. The highest BCUT2D eigenvalue weighted by Gasteiger charge is 2.09. The molecule has 0 spiro atoms. The number of rotatable bonds is 5. The molecule has 6 nitrogen and oxygen atoms in total. The van der Waals surface area contributed by atoms with Gasteiger partial charge in [-0.3, -0.25) is 0 Å². The quantitative estimate of drug-likeness (QED) is 0.707. The summed E-state index contributed by atoms with van der Waals surface area (Å²) in [7, 11) is 0. The van der Waals surface area contributed by atoms with Gasteiger partial charge in [0, 0.05) is 13.1 Å². The van der Waals surface area contributed by atoms with Crippen molar-refractivity contribution in [3.8, 4) is 0 Å². The summed E-state index contributed by atoms with van der Waals surface area (Å²) < 4.78 is 1.46. The highest BCUT2D eigenvalue weighted by atomic mass is 15.6. The molecule has 2 heterocycles. The summed E-state index contributed by atoms with van der Waals surface area (Å²) in [5, 5.41) is 15.8. The van der Waals surface area contributed by atoms with Gasteiger partial charge in [0.1, 0.15) is 0 Å². The Morgan fingerprint density at radius 1 is 1.10 bits per heavy atom. The molecule has 6 heteroatoms. The van der Waals surface area contributed by atoms with Gasteiger partial charge in [-0.1, -0.05) is 37.3 Å². The van der Waals surface area contributed by atoms with E-state index in [1.165, 1.54) is 10.2 Å². The van der Waals surface area contributed by atoms with Crippen molar-refractivity contribution in [1.82, 2.24) is 25.3 Å². The molecule has 0 bridgehead atoms. The van der Waals surface area contributed by atoms with Crippen molar-refractivity contribution in [2.24, 2.45) is 0 Å². The molecule has 0 amide bonds. The van der Waals surface area contributed by atoms with Gasteiger partial charge in [0.25, 0.3) is 0 Å². The summed E-state index contributed by atoms with van der Waals surface area (Å²) in [6.45, 7) is 3.93. The molecule has 1 aromatic carbocycles. The van der Waals surface area contributed by atoms with E-state index in [4.69, 9.17) is 0 Å². The average molecular weight is 268 g/mol. The normalized spacial score (nSPS) is 10.8. The van der Waals surface area contributed by atoms with E-state index in [0.29, 0.717) is 5.65 Å². The van der Waals surface area contributed by atoms with Gasteiger partial charge in [-0.15, -0.1) is 14.8 Å². The Morgan fingerprint density at radius 2 is 1.95 bits per heavy atom. The van der Waals surface area contributed by atoms with Crippen molar-refractivity contribution < 1.29 is 0 Å². The summed E-state index contributed by atoms with van der Waals surface area (Å²) in [6.07, 6.45) is 1.06. The molecule has 0 fully saturated rings. The lowest BCUT2D eigenvalue weighted by atomic mass is 10.2. The van der Waals surface area contributed by atoms with Crippen LogP contribution < -0.4 is 4.90 Å². The molecule has 0 aliphatic rings. The summed E-state index contributed by atoms with van der Waals surface area (Å²) in [5.74, 6) is 0.885. The van der Waals surface area contributed by atoms with E-state index < -0.39 is 0 Å². The van der Waals surface area contributed by atoms with E-state index in [2.05, 4.69) is 56.7 Å². The van der Waals surface area contributed by atoms with Crippen molar-refractivity contribution in [1.29, 1.82) is 0 Å². The minimum absolute atomic E-state index is 0.657. The van der Waals surface area contributed by atoms with E-state index in [-0.39, 0.29) is 0 Å². The molecular weight excluding hydrogens is 252 g/mol. The third-order valence-electron chi connectivity index (χ3n) is 3.09. The number of hydrogen-bond acceptors (Lipinski definition) is 5. The van der Waals surface area contributed by atoms with Gasteiger partial charge in [-0.2, -0.15) is 0 Å². The van der Waals surface area contributed by atoms with Crippen LogP contribution in [0, 0.1) is 0 Å². The monoisotopic (exact) mass is 268 g/mol. The van der Waals surface area contributed by atoms with E-state index in [0.717, 1.165) is 25.3 Å². The molecular formula is C14H16N6. The molecule has 0 unspecified atom stereocenters. The Bertz CT molecular complexity index is 678. The minimum Gasteiger partial charge on any atom is -0.351 e. The maximum atomic E-state index is 4.46. The van der Waals surface area contributed by atoms with Crippen LogP contribution in [0.1, 0.15) is 18.9 Å². The van der Waals surface area contributed by atoms with E-state index >= 15 is 0 Å². The zero-order chi connectivity index (χ0) is 13.8. The molecule has 0 N–H and O–H groups in total. The molecule has 0 saturated carbocycles. The van der Waals surface area contributed by atoms with Gasteiger partial charge in [0.05, 0.1) is 0 Å². The lowest BCUT2D eigenvalue weighted by molar-refractivity contribution is 0.694. The predicted octanol–water partition coefficient (Wildman–Crippen LogP) is 1.94. The Balaban J connectivity index is 1.89. The van der Waals surface area contributed by atoms with Crippen molar-refractivity contribution in [2.75, 3.05) is 11.4 Å². The third kappa shape index (κ3) is 2.59. The molecule has 0 saturated heterocycles. The van der Waals surface area contributed by atoms with Crippen LogP contribution in [0.3, 0.4) is 0 Å². The van der Waals surface area contributed by atoms with Crippen LogP contribution in [0.4, 0.5) is 5.82 Å². The largest absolute Gasteiger partial charge is 0.351 e. The van der Waals surface area contributed by atoms with E-state index in [1.807, 2.05) is 18.2 Å². The van der Waals surface area contributed by atoms with Gasteiger partial charge in [-0.25, -0.2) is 0 Å². The minimum atomic E-state index is 0.657. The highest BCUT2D eigenvalue weighted by Crippen LogP contribution is 2.15. The molecule has 2 aromatic heterocycles. The zero-order valence-corrected chi connectivity index (χ0v) is 11.3. The first-order chi connectivity index (χ1) is 9.86. The van der Waals surface area contributed by atoms with Crippen LogP contribution >= 0.6 is 0 Å². The van der Waals surface area contributed by atoms with Crippen molar-refractivity contribution >= 4 is 11.5 Å². The Hall–Kier alpha value is -2.50. The lowest BCUT2D eigenvalue weighted by Crippen LogP contribution is -2.25. The van der Waals surface area contributed by atoms with Gasteiger partial charge < -0.3 is 4.90 Å². The maximum absolute atomic E-state index is 4.46. The van der Waals surface area contributed by atoms with Gasteiger partial charge in [-0.05, 0) is 34.5 Å². The van der Waals surface area contributed by atoms with Crippen LogP contribution in [0.15, 0.2) is 42.5 Å². The number of anilines is 1. The number of aromatic nitrogens is 5. The van der Waals surface area contributed by atoms with Crippen LogP contribution in [0.5, 0.6) is 0 Å². The van der Waals surface area contributed by atoms with Crippen molar-refractivity contribution in [3.05, 3.63) is 48.0 Å². The zero-order valence-electron chi connectivity index (χ0n) is 11.3. The van der Waals surface area contributed by atoms with E-state index in [1.54, 1.807) is 0 Å². The summed E-state index contributed by atoms with van der Waals surface area (Å²) in [6, 6.07) is 14.2. The molecule has 3 rings (SSSR count). The second kappa shape index (κ2) is 5.64. The van der Waals surface area contributed by atoms with Crippen LogP contribution in [0.2, 0.25) is 0 Å². The molecule has 20 heavy (non-hydrogen) atoms. The number of hydrogen-bond donors (Lipinski definition) is 0. The first-order valence-electron chi connectivity index (χ1n) is 6.71. The third-order valence-corrected chi connectivity index (χ3v) is 3.09. The van der Waals surface area contributed by atoms with Gasteiger partial charge >= 0.3 is 0 Å². The van der Waals surface area contributed by atoms with Gasteiger partial charge in [0.15, 0.2) is 11.5 Å². The molecule has 0 aliphatic heterocycles. The highest BCUT2D eigenvalue weighted by molar-refractivity contribution is 5.44. The molecule has 102 valence electrons. The van der Waals surface area contributed by atoms with Gasteiger partial charge in [0.2, 0.25) is 0 Å². The summed E-state index contributed by atoms with van der Waals surface area (Å²) >= 11 is 0. The second-order valence-electron chi connectivity index (χ2n) is 4.63. The fraction of sp³-hybridized carbons (Fsp3) is 0.286. The van der Waals surface area contributed by atoms with Crippen LogP contribution in [0.25, 0.3) is 5.65 Å². The Kier molecular flexibility index (Phi) is 3.54. The van der Waals surface area contributed by atoms with Crippen LogP contribution in [-0.2, 0) is 6.54 Å². The fourth-order valence-electron chi connectivity index (χ4n) is 2.16. The average Bonchev–Trinajstić information content (AvgIpc) is 2.95. The maximum Gasteiger partial charge on any atom is 0.200 e. The molecule has 0 radical (unpaired) electrons. The Morgan fingerprint density at radius 3 is 2.75 bits per heavy atom. The summed E-state index contributed by atoms with van der Waals surface area (Å²) in [5.41, 5.74) is 1.92. The fourth-order valence-corrected chi connectivity index (χ4v) is 2.16. The first kappa shape index (κ1) is 12.5. The predicted molar refractivity (Wildman–Crippen MR) is 76.4 cm³/mol. The molecule has 0 aliphatic carbocycles. The molecule has 0 atom stereocenters. The topological polar surface area (TPSA) is 59.2 Å². The summed E-state index contributed by atoms with van der Waals surface area (Å²) in [4.78, 5) is 2.23. The lowest BCUT2D eigenvalue weighted by Gasteiger charge is -2.22. The van der Waals surface area contributed by atoms with E-state index in [9.17, 15) is 0 Å². The van der Waals surface area contributed by atoms with Crippen molar-refractivity contribution in [2.45, 2.75) is 19.9 Å². The standard InChI is InChI=1S/C14H16N6/c1-2-10-19(11-12-6-4-3-5-7-12)14-9-8-13-15-17-18-20(13)16-14/h3-9H,2,10-11H2,1H3. The number of benzene rings is 1. The second-order valence-corrected chi connectivity index (χ2v) is 4.63.